The predicted octanol–water partition coefficient (Wildman–Crippen LogP) is 1.68. The third kappa shape index (κ3) is 1.18. The number of hydrogen-bond donors (Lipinski definition) is 1. The molecule has 1 heterocycles. The predicted molar refractivity (Wildman–Crippen MR) is 51.6 cm³/mol. The second-order valence-corrected chi connectivity index (χ2v) is 3.66. The van der Waals surface area contributed by atoms with E-state index in [1.165, 1.54) is 0 Å². The monoisotopic (exact) mass is 239 g/mol. The van der Waals surface area contributed by atoms with Crippen LogP contribution in [0.3, 0.4) is 0 Å². The van der Waals surface area contributed by atoms with Crippen molar-refractivity contribution in [2.45, 2.75) is 5.92 Å². The normalized spacial score (nSPS) is 19.5. The van der Waals surface area contributed by atoms with Crippen molar-refractivity contribution in [1.82, 2.24) is 0 Å². The van der Waals surface area contributed by atoms with Gasteiger partial charge in [0.05, 0.1) is 5.69 Å². The molecule has 0 bridgehead atoms. The van der Waals surface area contributed by atoms with Crippen molar-refractivity contribution < 1.29 is 9.59 Å². The summed E-state index contributed by atoms with van der Waals surface area (Å²) in [6.45, 7) is 0. The third-order valence-electron chi connectivity index (χ3n) is 2.05. The molecular formula is C9H6BrNO2. The van der Waals surface area contributed by atoms with Gasteiger partial charge in [0.1, 0.15) is 12.2 Å². The number of carbonyl (C=O) groups excluding carboxylic acids is 2. The molecule has 66 valence electrons. The highest BCUT2D eigenvalue weighted by molar-refractivity contribution is 9.10. The smallest absolute Gasteiger partial charge is 0.239 e. The molecule has 13 heavy (non-hydrogen) atoms. The minimum absolute atomic E-state index is 0.253. The summed E-state index contributed by atoms with van der Waals surface area (Å²) < 4.78 is 0.808. The largest absolute Gasteiger partial charge is 0.324 e. The quantitative estimate of drug-likeness (QED) is 0.599. The van der Waals surface area contributed by atoms with Crippen molar-refractivity contribution in [3.63, 3.8) is 0 Å². The highest BCUT2D eigenvalue weighted by Gasteiger charge is 2.30. The molecule has 1 atom stereocenters. The van der Waals surface area contributed by atoms with E-state index in [-0.39, 0.29) is 5.91 Å². The number of carbonyl (C=O) groups is 2. The molecule has 1 aromatic rings. The number of para-hydroxylation sites is 1. The van der Waals surface area contributed by atoms with Crippen LogP contribution in [-0.2, 0) is 9.59 Å². The van der Waals surface area contributed by atoms with Crippen molar-refractivity contribution in [3.05, 3.63) is 28.2 Å². The molecule has 0 aromatic heterocycles. The van der Waals surface area contributed by atoms with Crippen LogP contribution in [-0.4, -0.2) is 12.2 Å². The first kappa shape index (κ1) is 8.44. The van der Waals surface area contributed by atoms with E-state index in [2.05, 4.69) is 21.2 Å². The average molecular weight is 240 g/mol. The Labute approximate surface area is 83.3 Å². The van der Waals surface area contributed by atoms with E-state index in [9.17, 15) is 9.59 Å². The van der Waals surface area contributed by atoms with Gasteiger partial charge in [0.25, 0.3) is 0 Å². The molecule has 3 nitrogen and oxygen atoms in total. The second kappa shape index (κ2) is 2.96. The van der Waals surface area contributed by atoms with Gasteiger partial charge < -0.3 is 10.1 Å². The van der Waals surface area contributed by atoms with Crippen LogP contribution in [0.15, 0.2) is 22.7 Å². The summed E-state index contributed by atoms with van der Waals surface area (Å²) in [7, 11) is 0. The van der Waals surface area contributed by atoms with Crippen LogP contribution in [0.2, 0.25) is 0 Å². The Hall–Kier alpha value is -1.16. The first-order chi connectivity index (χ1) is 6.24. The molecule has 1 amide bonds. The Kier molecular flexibility index (Phi) is 1.92. The zero-order valence-electron chi connectivity index (χ0n) is 6.58. The summed E-state index contributed by atoms with van der Waals surface area (Å²) in [5.41, 5.74) is 1.46. The second-order valence-electron chi connectivity index (χ2n) is 2.81. The topological polar surface area (TPSA) is 46.2 Å². The first-order valence-electron chi connectivity index (χ1n) is 3.78. The van der Waals surface area contributed by atoms with E-state index >= 15 is 0 Å². The van der Waals surface area contributed by atoms with Crippen molar-refractivity contribution in [1.29, 1.82) is 0 Å². The molecule has 1 aliphatic rings. The SMILES string of the molecule is O=CC1C(=O)Nc2c(Br)cccc21. The third-order valence-corrected chi connectivity index (χ3v) is 2.71. The van der Waals surface area contributed by atoms with Crippen molar-refractivity contribution >= 4 is 33.8 Å². The van der Waals surface area contributed by atoms with Gasteiger partial charge >= 0.3 is 0 Å². The summed E-state index contributed by atoms with van der Waals surface area (Å²) in [5.74, 6) is -0.899. The van der Waals surface area contributed by atoms with Gasteiger partial charge in [-0.05, 0) is 27.6 Å². The van der Waals surface area contributed by atoms with Crippen LogP contribution in [0.5, 0.6) is 0 Å². The molecule has 1 unspecified atom stereocenters. The highest BCUT2D eigenvalue weighted by atomic mass is 79.9. The molecule has 0 spiro atoms. The molecule has 1 aromatic carbocycles. The van der Waals surface area contributed by atoms with Crippen LogP contribution in [0, 0.1) is 0 Å². The van der Waals surface area contributed by atoms with Crippen LogP contribution in [0.25, 0.3) is 0 Å². The Morgan fingerprint density at radius 2 is 2.23 bits per heavy atom. The standard InChI is InChI=1S/C9H6BrNO2/c10-7-3-1-2-5-6(4-12)9(13)11-8(5)7/h1-4,6H,(H,11,13). The molecule has 1 aliphatic heterocycles. The minimum Gasteiger partial charge on any atom is -0.324 e. The molecular weight excluding hydrogens is 234 g/mol. The van der Waals surface area contributed by atoms with E-state index in [0.29, 0.717) is 12.0 Å². The van der Waals surface area contributed by atoms with Crippen LogP contribution >= 0.6 is 15.9 Å². The first-order valence-corrected chi connectivity index (χ1v) is 4.58. The Morgan fingerprint density at radius 1 is 1.46 bits per heavy atom. The van der Waals surface area contributed by atoms with Crippen LogP contribution in [0.4, 0.5) is 5.69 Å². The van der Waals surface area contributed by atoms with Crippen molar-refractivity contribution in [3.8, 4) is 0 Å². The molecule has 1 N–H and O–H groups in total. The van der Waals surface area contributed by atoms with Gasteiger partial charge in [0.2, 0.25) is 5.91 Å². The zero-order valence-corrected chi connectivity index (χ0v) is 8.17. The van der Waals surface area contributed by atoms with Crippen molar-refractivity contribution in [2.75, 3.05) is 5.32 Å². The maximum absolute atomic E-state index is 11.3. The summed E-state index contributed by atoms with van der Waals surface area (Å²) >= 11 is 3.30. The number of fused-ring (bicyclic) bond motifs is 1. The lowest BCUT2D eigenvalue weighted by Gasteiger charge is -2.00. The Bertz CT molecular complexity index is 389. The fourth-order valence-corrected chi connectivity index (χ4v) is 1.89. The van der Waals surface area contributed by atoms with Gasteiger partial charge in [0.15, 0.2) is 0 Å². The van der Waals surface area contributed by atoms with Crippen molar-refractivity contribution in [2.24, 2.45) is 0 Å². The molecule has 4 heteroatoms. The van der Waals surface area contributed by atoms with E-state index in [0.717, 1.165) is 10.0 Å². The molecule has 0 saturated carbocycles. The molecule has 2 rings (SSSR count). The van der Waals surface area contributed by atoms with E-state index in [1.807, 2.05) is 6.07 Å². The summed E-state index contributed by atoms with van der Waals surface area (Å²) in [6.07, 6.45) is 0.660. The summed E-state index contributed by atoms with van der Waals surface area (Å²) in [5, 5.41) is 2.65. The maximum atomic E-state index is 11.3. The van der Waals surface area contributed by atoms with E-state index < -0.39 is 5.92 Å². The van der Waals surface area contributed by atoms with Gasteiger partial charge in [-0.25, -0.2) is 0 Å². The average Bonchev–Trinajstić information content (AvgIpc) is 2.43. The molecule has 0 radical (unpaired) electrons. The van der Waals surface area contributed by atoms with Gasteiger partial charge in [-0.1, -0.05) is 12.1 Å². The summed E-state index contributed by atoms with van der Waals surface area (Å²) in [4.78, 5) is 21.9. The number of hydrogen-bond acceptors (Lipinski definition) is 2. The van der Waals surface area contributed by atoms with Crippen LogP contribution < -0.4 is 5.32 Å². The number of anilines is 1. The maximum Gasteiger partial charge on any atom is 0.239 e. The lowest BCUT2D eigenvalue weighted by atomic mass is 10.0. The molecule has 0 saturated heterocycles. The van der Waals surface area contributed by atoms with Gasteiger partial charge in [-0.15, -0.1) is 0 Å². The number of aldehydes is 1. The van der Waals surface area contributed by atoms with Gasteiger partial charge in [-0.3, -0.25) is 4.79 Å². The highest BCUT2D eigenvalue weighted by Crippen LogP contribution is 2.36. The van der Waals surface area contributed by atoms with Gasteiger partial charge in [-0.2, -0.15) is 0 Å². The van der Waals surface area contributed by atoms with Gasteiger partial charge in [0, 0.05) is 4.47 Å². The van der Waals surface area contributed by atoms with Crippen LogP contribution in [0.1, 0.15) is 11.5 Å². The fraction of sp³-hybridized carbons (Fsp3) is 0.111. The number of amides is 1. The lowest BCUT2D eigenvalue weighted by Crippen LogP contribution is -2.12. The number of halogens is 1. The zero-order chi connectivity index (χ0) is 9.42. The Balaban J connectivity index is 2.60. The minimum atomic E-state index is -0.646. The molecule has 0 fully saturated rings. The fourth-order valence-electron chi connectivity index (χ4n) is 1.41. The number of nitrogens with one attached hydrogen (secondary N) is 1. The van der Waals surface area contributed by atoms with E-state index in [4.69, 9.17) is 0 Å². The number of rotatable bonds is 1. The lowest BCUT2D eigenvalue weighted by molar-refractivity contribution is -0.121. The Morgan fingerprint density at radius 3 is 2.92 bits per heavy atom. The molecule has 0 aliphatic carbocycles. The number of benzene rings is 1. The van der Waals surface area contributed by atoms with E-state index in [1.54, 1.807) is 12.1 Å². The summed E-state index contributed by atoms with van der Waals surface area (Å²) in [6, 6.07) is 5.41.